The summed E-state index contributed by atoms with van der Waals surface area (Å²) in [5.41, 5.74) is 0.684. The van der Waals surface area contributed by atoms with Crippen LogP contribution in [0.15, 0.2) is 18.9 Å². The third-order valence-electron chi connectivity index (χ3n) is 1.61. The van der Waals surface area contributed by atoms with Gasteiger partial charge in [0.2, 0.25) is 0 Å². The summed E-state index contributed by atoms with van der Waals surface area (Å²) < 4.78 is 7.77. The highest BCUT2D eigenvalue weighted by molar-refractivity contribution is 6.99. The molecule has 1 atom stereocenters. The third-order valence-corrected chi connectivity index (χ3v) is 2.10. The van der Waals surface area contributed by atoms with Gasteiger partial charge in [-0.3, -0.25) is 0 Å². The van der Waals surface area contributed by atoms with Crippen LogP contribution in [-0.4, -0.2) is 13.9 Å². The van der Waals surface area contributed by atoms with Crippen molar-refractivity contribution in [1.82, 2.24) is 8.75 Å². The van der Waals surface area contributed by atoms with Crippen LogP contribution in [0.3, 0.4) is 0 Å². The predicted molar refractivity (Wildman–Crippen MR) is 48.9 cm³/mol. The van der Waals surface area contributed by atoms with Crippen molar-refractivity contribution < 1.29 is 5.11 Å². The van der Waals surface area contributed by atoms with Gasteiger partial charge in [0.1, 0.15) is 5.69 Å². The molecule has 0 aliphatic rings. The van der Waals surface area contributed by atoms with E-state index < -0.39 is 6.10 Å². The van der Waals surface area contributed by atoms with Crippen molar-refractivity contribution in [2.24, 2.45) is 0 Å². The third kappa shape index (κ3) is 2.71. The summed E-state index contributed by atoms with van der Waals surface area (Å²) in [6, 6.07) is 0. The van der Waals surface area contributed by atoms with Gasteiger partial charge in [-0.25, -0.2) is 0 Å². The molecule has 1 aromatic heterocycles. The molecule has 3 nitrogen and oxygen atoms in total. The lowest BCUT2D eigenvalue weighted by molar-refractivity contribution is 0.161. The van der Waals surface area contributed by atoms with Gasteiger partial charge in [-0.05, 0) is 19.3 Å². The number of rotatable bonds is 5. The van der Waals surface area contributed by atoms with E-state index in [0.29, 0.717) is 5.69 Å². The number of aromatic nitrogens is 2. The Bertz CT molecular complexity index is 223. The molecule has 1 unspecified atom stereocenters. The number of allylic oxidation sites excluding steroid dienone is 1. The first-order valence-electron chi connectivity index (χ1n) is 3.91. The molecule has 1 N–H and O–H groups in total. The Hall–Kier alpha value is -0.740. The van der Waals surface area contributed by atoms with Crippen LogP contribution in [-0.2, 0) is 0 Å². The minimum atomic E-state index is -0.455. The fourth-order valence-corrected chi connectivity index (χ4v) is 1.39. The second-order valence-corrected chi connectivity index (χ2v) is 3.12. The van der Waals surface area contributed by atoms with E-state index >= 15 is 0 Å². The SMILES string of the molecule is C=CCCCC(O)c1cnsn1. The van der Waals surface area contributed by atoms with Gasteiger partial charge >= 0.3 is 0 Å². The quantitative estimate of drug-likeness (QED) is 0.561. The first kappa shape index (κ1) is 9.35. The monoisotopic (exact) mass is 184 g/mol. The number of aliphatic hydroxyl groups is 1. The topological polar surface area (TPSA) is 46.0 Å². The maximum Gasteiger partial charge on any atom is 0.103 e. The number of nitrogens with zero attached hydrogens (tertiary/aromatic N) is 2. The molecular formula is C8H12N2OS. The smallest absolute Gasteiger partial charge is 0.103 e. The molecular weight excluding hydrogens is 172 g/mol. The maximum absolute atomic E-state index is 9.51. The van der Waals surface area contributed by atoms with Gasteiger partial charge in [-0.2, -0.15) is 8.75 Å². The Morgan fingerprint density at radius 3 is 3.17 bits per heavy atom. The Morgan fingerprint density at radius 2 is 2.58 bits per heavy atom. The molecule has 0 amide bonds. The largest absolute Gasteiger partial charge is 0.387 e. The number of aliphatic hydroxyl groups excluding tert-OH is 1. The van der Waals surface area contributed by atoms with E-state index in [1.54, 1.807) is 6.20 Å². The molecule has 0 aromatic carbocycles. The Balaban J connectivity index is 2.29. The molecule has 0 spiro atoms. The Labute approximate surface area is 76.1 Å². The minimum absolute atomic E-state index is 0.455. The molecule has 0 aliphatic carbocycles. The molecule has 0 saturated heterocycles. The van der Waals surface area contributed by atoms with Gasteiger partial charge in [0, 0.05) is 0 Å². The summed E-state index contributed by atoms with van der Waals surface area (Å²) >= 11 is 1.13. The molecule has 12 heavy (non-hydrogen) atoms. The molecule has 4 heteroatoms. The molecule has 66 valence electrons. The van der Waals surface area contributed by atoms with E-state index in [4.69, 9.17) is 0 Å². The van der Waals surface area contributed by atoms with Gasteiger partial charge in [0.25, 0.3) is 0 Å². The van der Waals surface area contributed by atoms with Gasteiger partial charge in [-0.1, -0.05) is 6.08 Å². The highest BCUT2D eigenvalue weighted by Crippen LogP contribution is 2.16. The molecule has 1 aromatic rings. The zero-order valence-electron chi connectivity index (χ0n) is 6.81. The number of hydrogen-bond acceptors (Lipinski definition) is 4. The van der Waals surface area contributed by atoms with Gasteiger partial charge in [0.15, 0.2) is 0 Å². The lowest BCUT2D eigenvalue weighted by atomic mass is 10.1. The van der Waals surface area contributed by atoms with Crippen LogP contribution in [0.2, 0.25) is 0 Å². The van der Waals surface area contributed by atoms with Crippen molar-refractivity contribution in [3.8, 4) is 0 Å². The minimum Gasteiger partial charge on any atom is -0.387 e. The molecule has 1 rings (SSSR count). The normalized spacial score (nSPS) is 12.8. The zero-order valence-corrected chi connectivity index (χ0v) is 7.63. The van der Waals surface area contributed by atoms with Crippen LogP contribution in [0.4, 0.5) is 0 Å². The summed E-state index contributed by atoms with van der Waals surface area (Å²) in [6.45, 7) is 3.61. The van der Waals surface area contributed by atoms with Crippen molar-refractivity contribution in [1.29, 1.82) is 0 Å². The van der Waals surface area contributed by atoms with Crippen LogP contribution in [0, 0.1) is 0 Å². The van der Waals surface area contributed by atoms with Crippen LogP contribution in [0.5, 0.6) is 0 Å². The van der Waals surface area contributed by atoms with Crippen molar-refractivity contribution in [2.75, 3.05) is 0 Å². The van der Waals surface area contributed by atoms with Crippen LogP contribution >= 0.6 is 11.7 Å². The molecule has 0 aliphatic heterocycles. The van der Waals surface area contributed by atoms with E-state index in [0.717, 1.165) is 31.0 Å². The fourth-order valence-electron chi connectivity index (χ4n) is 0.922. The standard InChI is InChI=1S/C8H12N2OS/c1-2-3-4-5-8(11)7-6-9-12-10-7/h2,6,8,11H,1,3-5H2. The highest BCUT2D eigenvalue weighted by Gasteiger charge is 2.08. The summed E-state index contributed by atoms with van der Waals surface area (Å²) in [6.07, 6.45) is 5.63. The second kappa shape index (κ2) is 5.00. The summed E-state index contributed by atoms with van der Waals surface area (Å²) in [7, 11) is 0. The van der Waals surface area contributed by atoms with Crippen molar-refractivity contribution >= 4 is 11.7 Å². The lowest BCUT2D eigenvalue weighted by Gasteiger charge is -2.04. The molecule has 0 radical (unpaired) electrons. The molecule has 1 heterocycles. The van der Waals surface area contributed by atoms with E-state index in [1.165, 1.54) is 0 Å². The van der Waals surface area contributed by atoms with Crippen molar-refractivity contribution in [3.63, 3.8) is 0 Å². The first-order valence-corrected chi connectivity index (χ1v) is 4.64. The van der Waals surface area contributed by atoms with Crippen LogP contribution < -0.4 is 0 Å². The molecule has 0 saturated carbocycles. The van der Waals surface area contributed by atoms with Gasteiger partial charge in [0.05, 0.1) is 24.0 Å². The van der Waals surface area contributed by atoms with Crippen LogP contribution in [0.1, 0.15) is 31.1 Å². The Morgan fingerprint density at radius 1 is 1.75 bits per heavy atom. The molecule has 0 bridgehead atoms. The van der Waals surface area contributed by atoms with E-state index in [1.807, 2.05) is 6.08 Å². The lowest BCUT2D eigenvalue weighted by Crippen LogP contribution is -1.96. The predicted octanol–water partition coefficient (Wildman–Crippen LogP) is 1.93. The van der Waals surface area contributed by atoms with Gasteiger partial charge in [-0.15, -0.1) is 6.58 Å². The van der Waals surface area contributed by atoms with Crippen molar-refractivity contribution in [2.45, 2.75) is 25.4 Å². The summed E-state index contributed by atoms with van der Waals surface area (Å²) in [5, 5.41) is 9.51. The first-order chi connectivity index (χ1) is 5.84. The Kier molecular flexibility index (Phi) is 3.90. The highest BCUT2D eigenvalue weighted by atomic mass is 32.1. The zero-order chi connectivity index (χ0) is 8.81. The molecule has 0 fully saturated rings. The van der Waals surface area contributed by atoms with E-state index in [-0.39, 0.29) is 0 Å². The summed E-state index contributed by atoms with van der Waals surface area (Å²) in [5.74, 6) is 0. The second-order valence-electron chi connectivity index (χ2n) is 2.57. The average Bonchev–Trinajstić information content (AvgIpc) is 2.56. The van der Waals surface area contributed by atoms with E-state index in [2.05, 4.69) is 15.3 Å². The van der Waals surface area contributed by atoms with Crippen LogP contribution in [0.25, 0.3) is 0 Å². The van der Waals surface area contributed by atoms with Crippen molar-refractivity contribution in [3.05, 3.63) is 24.5 Å². The maximum atomic E-state index is 9.51. The number of unbranched alkanes of at least 4 members (excludes halogenated alkanes) is 1. The van der Waals surface area contributed by atoms with E-state index in [9.17, 15) is 5.11 Å². The number of hydrogen-bond donors (Lipinski definition) is 1. The average molecular weight is 184 g/mol. The van der Waals surface area contributed by atoms with Gasteiger partial charge < -0.3 is 5.11 Å². The summed E-state index contributed by atoms with van der Waals surface area (Å²) in [4.78, 5) is 0. The fraction of sp³-hybridized carbons (Fsp3) is 0.500.